The van der Waals surface area contributed by atoms with E-state index in [9.17, 15) is 9.59 Å². The van der Waals surface area contributed by atoms with Crippen molar-refractivity contribution in [2.45, 2.75) is 58.8 Å². The molecule has 0 aromatic rings. The van der Waals surface area contributed by atoms with Crippen LogP contribution in [0.25, 0.3) is 0 Å². The number of carbonyl (C=O) groups excluding carboxylic acids is 2. The molecule has 1 fully saturated rings. The Bertz CT molecular complexity index is 532. The van der Waals surface area contributed by atoms with Crippen molar-refractivity contribution in [1.29, 1.82) is 0 Å². The van der Waals surface area contributed by atoms with Gasteiger partial charge in [-0.15, -0.1) is 0 Å². The second-order valence-electron chi connectivity index (χ2n) is 9.86. The van der Waals surface area contributed by atoms with Crippen molar-refractivity contribution in [2.75, 3.05) is 79.0 Å². The molecule has 1 atom stereocenters. The molecule has 0 aromatic heterocycles. The van der Waals surface area contributed by atoms with E-state index >= 15 is 0 Å². The summed E-state index contributed by atoms with van der Waals surface area (Å²) in [7, 11) is 0. The van der Waals surface area contributed by atoms with Gasteiger partial charge in [-0.25, -0.2) is 14.5 Å². The first kappa shape index (κ1) is 30.5. The van der Waals surface area contributed by atoms with Gasteiger partial charge < -0.3 is 39.1 Å². The molecule has 1 aliphatic rings. The number of carbonyl (C=O) groups is 2. The molecule has 0 saturated carbocycles. The van der Waals surface area contributed by atoms with Crippen LogP contribution in [-0.4, -0.2) is 113 Å². The average Bonchev–Trinajstić information content (AvgIpc) is 2.70. The van der Waals surface area contributed by atoms with Crippen LogP contribution >= 0.6 is 0 Å². The van der Waals surface area contributed by atoms with Crippen LogP contribution in [0.15, 0.2) is 0 Å². The number of amides is 2. The van der Waals surface area contributed by atoms with E-state index < -0.39 is 29.5 Å². The van der Waals surface area contributed by atoms with Crippen LogP contribution in [0.5, 0.6) is 0 Å². The second kappa shape index (κ2) is 16.2. The van der Waals surface area contributed by atoms with Crippen molar-refractivity contribution in [3.05, 3.63) is 0 Å². The van der Waals surface area contributed by atoms with Gasteiger partial charge in [0, 0.05) is 26.2 Å². The van der Waals surface area contributed by atoms with Crippen LogP contribution in [0, 0.1) is 0 Å². The summed E-state index contributed by atoms with van der Waals surface area (Å²) in [5.41, 5.74) is -1.54. The number of nitrogens with zero attached hydrogens (tertiary/aromatic N) is 1. The third kappa shape index (κ3) is 16.2. The van der Waals surface area contributed by atoms with Crippen LogP contribution in [0.2, 0.25) is 0 Å². The van der Waals surface area contributed by atoms with Gasteiger partial charge in [0.1, 0.15) is 11.2 Å². The molecule has 2 N–H and O–H groups in total. The number of imide groups is 1. The minimum atomic E-state index is -0.790. The van der Waals surface area contributed by atoms with Crippen LogP contribution in [0.1, 0.15) is 41.5 Å². The highest BCUT2D eigenvalue weighted by molar-refractivity contribution is 5.88. The molecule has 200 valence electrons. The smallest absolute Gasteiger partial charge is 0.419 e. The lowest BCUT2D eigenvalue weighted by atomic mass is 10.2. The summed E-state index contributed by atoms with van der Waals surface area (Å²) in [6.07, 6.45) is -2.14. The highest BCUT2D eigenvalue weighted by Crippen LogP contribution is 2.15. The number of hydrogen-bond donors (Lipinski definition) is 2. The molecule has 11 nitrogen and oxygen atoms in total. The molecule has 1 heterocycles. The largest absolute Gasteiger partial charge is 0.443 e. The third-order valence-corrected chi connectivity index (χ3v) is 4.19. The third-order valence-electron chi connectivity index (χ3n) is 4.19. The fourth-order valence-electron chi connectivity index (χ4n) is 2.73. The summed E-state index contributed by atoms with van der Waals surface area (Å²) in [5.74, 6) is 0. The van der Waals surface area contributed by atoms with Gasteiger partial charge >= 0.3 is 12.2 Å². The molecular formula is C23H45N3O8. The van der Waals surface area contributed by atoms with Crippen LogP contribution in [0.4, 0.5) is 9.59 Å². The van der Waals surface area contributed by atoms with Gasteiger partial charge in [0.05, 0.1) is 58.9 Å². The summed E-state index contributed by atoms with van der Waals surface area (Å²) in [4.78, 5) is 26.6. The molecule has 1 rings (SSSR count). The molecule has 2 amide bonds. The Balaban J connectivity index is 2.79. The van der Waals surface area contributed by atoms with Gasteiger partial charge in [-0.3, -0.25) is 0 Å². The van der Waals surface area contributed by atoms with E-state index in [1.807, 2.05) is 0 Å². The van der Waals surface area contributed by atoms with E-state index in [0.29, 0.717) is 65.8 Å². The molecule has 0 spiro atoms. The molecule has 34 heavy (non-hydrogen) atoms. The predicted molar refractivity (Wildman–Crippen MR) is 127 cm³/mol. The lowest BCUT2D eigenvalue weighted by Gasteiger charge is -2.30. The Morgan fingerprint density at radius 3 is 1.65 bits per heavy atom. The number of nitrogens with one attached hydrogen (secondary N) is 2. The van der Waals surface area contributed by atoms with E-state index in [4.69, 9.17) is 28.4 Å². The fourth-order valence-corrected chi connectivity index (χ4v) is 2.73. The minimum Gasteiger partial charge on any atom is -0.443 e. The molecule has 0 bridgehead atoms. The average molecular weight is 492 g/mol. The minimum absolute atomic E-state index is 0.0613. The Morgan fingerprint density at radius 2 is 1.18 bits per heavy atom. The Morgan fingerprint density at radius 1 is 0.735 bits per heavy atom. The van der Waals surface area contributed by atoms with E-state index in [2.05, 4.69) is 10.6 Å². The Hall–Kier alpha value is -1.50. The maximum atomic E-state index is 12.8. The zero-order chi connectivity index (χ0) is 25.5. The SMILES string of the molecule is CC(C)(C)OC(=O)N(CC1COCCNCCOCCOCCNCCO1)C(=O)OC(C)(C)C. The molecule has 0 radical (unpaired) electrons. The van der Waals surface area contributed by atoms with Crippen molar-refractivity contribution >= 4 is 12.2 Å². The highest BCUT2D eigenvalue weighted by Gasteiger charge is 2.33. The topological polar surface area (TPSA) is 117 Å². The zero-order valence-corrected chi connectivity index (χ0v) is 21.8. The van der Waals surface area contributed by atoms with Crippen LogP contribution in [0.3, 0.4) is 0 Å². The maximum absolute atomic E-state index is 12.8. The monoisotopic (exact) mass is 491 g/mol. The van der Waals surface area contributed by atoms with E-state index in [1.165, 1.54) is 0 Å². The molecule has 1 saturated heterocycles. The standard InChI is InChI=1S/C23H45N3O8/c1-22(2,3)33-20(27)26(21(28)34-23(4,5)6)17-19-18-31-13-9-24-7-11-29-15-16-30-12-8-25-10-14-32-19/h19,24-25H,7-18H2,1-6H3. The number of ether oxygens (including phenoxy) is 6. The van der Waals surface area contributed by atoms with Gasteiger partial charge in [0.15, 0.2) is 0 Å². The first-order valence-electron chi connectivity index (χ1n) is 12.0. The summed E-state index contributed by atoms with van der Waals surface area (Å²) in [6.45, 7) is 16.2. The second-order valence-corrected chi connectivity index (χ2v) is 9.86. The normalized spacial score (nSPS) is 21.1. The molecule has 0 aromatic carbocycles. The quantitative estimate of drug-likeness (QED) is 0.592. The van der Waals surface area contributed by atoms with E-state index in [-0.39, 0.29) is 13.2 Å². The first-order valence-corrected chi connectivity index (χ1v) is 12.0. The lowest BCUT2D eigenvalue weighted by molar-refractivity contribution is -0.0429. The van der Waals surface area contributed by atoms with Crippen LogP contribution in [-0.2, 0) is 28.4 Å². The first-order chi connectivity index (χ1) is 16.0. The van der Waals surface area contributed by atoms with Gasteiger partial charge in [0.25, 0.3) is 0 Å². The molecule has 1 aliphatic heterocycles. The van der Waals surface area contributed by atoms with Crippen molar-refractivity contribution in [3.8, 4) is 0 Å². The predicted octanol–water partition coefficient (Wildman–Crippen LogP) is 1.79. The number of rotatable bonds is 2. The van der Waals surface area contributed by atoms with Gasteiger partial charge in [-0.2, -0.15) is 0 Å². The molecule has 1 unspecified atom stereocenters. The lowest BCUT2D eigenvalue weighted by Crippen LogP contribution is -2.48. The van der Waals surface area contributed by atoms with Crippen molar-refractivity contribution in [1.82, 2.24) is 15.5 Å². The van der Waals surface area contributed by atoms with Gasteiger partial charge in [-0.05, 0) is 41.5 Å². The number of hydrogen-bond acceptors (Lipinski definition) is 10. The van der Waals surface area contributed by atoms with E-state index in [0.717, 1.165) is 4.90 Å². The molecule has 0 aliphatic carbocycles. The Labute approximate surface area is 204 Å². The molecular weight excluding hydrogens is 446 g/mol. The summed E-state index contributed by atoms with van der Waals surface area (Å²) in [5, 5.41) is 6.47. The molecule has 11 heteroatoms. The fraction of sp³-hybridized carbons (Fsp3) is 0.913. The van der Waals surface area contributed by atoms with Gasteiger partial charge in [-0.1, -0.05) is 0 Å². The van der Waals surface area contributed by atoms with Gasteiger partial charge in [0.2, 0.25) is 0 Å². The summed E-state index contributed by atoms with van der Waals surface area (Å²) in [6, 6.07) is 0. The summed E-state index contributed by atoms with van der Waals surface area (Å²) < 4.78 is 33.6. The van der Waals surface area contributed by atoms with Crippen molar-refractivity contribution in [2.24, 2.45) is 0 Å². The zero-order valence-electron chi connectivity index (χ0n) is 21.8. The van der Waals surface area contributed by atoms with Crippen molar-refractivity contribution in [3.63, 3.8) is 0 Å². The van der Waals surface area contributed by atoms with Crippen molar-refractivity contribution < 1.29 is 38.0 Å². The van der Waals surface area contributed by atoms with E-state index in [1.54, 1.807) is 41.5 Å². The summed E-state index contributed by atoms with van der Waals surface area (Å²) >= 11 is 0. The maximum Gasteiger partial charge on any atom is 0.419 e. The van der Waals surface area contributed by atoms with Crippen LogP contribution < -0.4 is 10.6 Å². The Kier molecular flexibility index (Phi) is 14.6. The highest BCUT2D eigenvalue weighted by atomic mass is 16.6.